The molecule has 2 aromatic heterocycles. The van der Waals surface area contributed by atoms with E-state index in [2.05, 4.69) is 12.1 Å². The normalized spacial score (nSPS) is 10.8. The molecule has 0 aliphatic rings. The van der Waals surface area contributed by atoms with Gasteiger partial charge in [0.15, 0.2) is 6.29 Å². The number of benzene rings is 1. The third-order valence-electron chi connectivity index (χ3n) is 4.04. The molecule has 5 heteroatoms. The first-order chi connectivity index (χ1) is 11.5. The Kier molecular flexibility index (Phi) is 4.64. The van der Waals surface area contributed by atoms with Gasteiger partial charge in [-0.3, -0.25) is 4.79 Å². The van der Waals surface area contributed by atoms with E-state index >= 15 is 0 Å². The Morgan fingerprint density at radius 3 is 2.33 bits per heavy atom. The minimum Gasteiger partial charge on any atom is -0.478 e. The van der Waals surface area contributed by atoms with E-state index in [9.17, 15) is 14.7 Å². The summed E-state index contributed by atoms with van der Waals surface area (Å²) in [6.45, 7) is 3.91. The summed E-state index contributed by atoms with van der Waals surface area (Å²) in [4.78, 5) is 26.2. The molecule has 0 fully saturated rings. The predicted octanol–water partition coefficient (Wildman–Crippen LogP) is 5.53. The van der Waals surface area contributed by atoms with Gasteiger partial charge in [0.05, 0.1) is 10.4 Å². The van der Waals surface area contributed by atoms with Crippen molar-refractivity contribution in [2.24, 2.45) is 0 Å². The maximum atomic E-state index is 11.3. The van der Waals surface area contributed by atoms with Gasteiger partial charge in [-0.2, -0.15) is 0 Å². The minimum atomic E-state index is -0.888. The van der Waals surface area contributed by atoms with E-state index in [-0.39, 0.29) is 0 Å². The summed E-state index contributed by atoms with van der Waals surface area (Å²) in [6, 6.07) is 11.5. The number of carbonyl (C=O) groups is 2. The first kappa shape index (κ1) is 16.6. The Hall–Kier alpha value is -2.24. The third kappa shape index (κ3) is 2.92. The second kappa shape index (κ2) is 6.71. The second-order valence-electron chi connectivity index (χ2n) is 5.41. The number of thiophene rings is 2. The van der Waals surface area contributed by atoms with Crippen LogP contribution in [0.25, 0.3) is 20.2 Å². The molecule has 0 aliphatic carbocycles. The lowest BCUT2D eigenvalue weighted by Gasteiger charge is -2.12. The van der Waals surface area contributed by atoms with Crippen molar-refractivity contribution in [3.05, 3.63) is 58.0 Å². The smallest absolute Gasteiger partial charge is 0.335 e. The molecule has 1 aromatic carbocycles. The topological polar surface area (TPSA) is 54.4 Å². The molecule has 0 bridgehead atoms. The van der Waals surface area contributed by atoms with Crippen molar-refractivity contribution in [2.45, 2.75) is 20.3 Å². The fraction of sp³-hybridized carbons (Fsp3) is 0.158. The van der Waals surface area contributed by atoms with Gasteiger partial charge < -0.3 is 5.11 Å². The quantitative estimate of drug-likeness (QED) is 0.612. The van der Waals surface area contributed by atoms with Crippen molar-refractivity contribution < 1.29 is 14.7 Å². The zero-order valence-electron chi connectivity index (χ0n) is 13.3. The van der Waals surface area contributed by atoms with Crippen LogP contribution in [0.15, 0.2) is 36.4 Å². The predicted molar refractivity (Wildman–Crippen MR) is 99.5 cm³/mol. The summed E-state index contributed by atoms with van der Waals surface area (Å²) < 4.78 is 0. The van der Waals surface area contributed by atoms with E-state index in [1.54, 1.807) is 17.4 Å². The maximum Gasteiger partial charge on any atom is 0.335 e. The molecule has 24 heavy (non-hydrogen) atoms. The molecule has 0 atom stereocenters. The fourth-order valence-corrected chi connectivity index (χ4v) is 4.81. The molecular weight excluding hydrogens is 340 g/mol. The standard InChI is InChI=1S/C19H16O3S2/c1-3-13-11(2)14(19(21)22)5-6-15(13)16-8-9-18(24-16)17-7-4-12(10-20)23-17/h4-10H,3H2,1-2H3,(H,21,22). The summed E-state index contributed by atoms with van der Waals surface area (Å²) >= 11 is 3.14. The van der Waals surface area contributed by atoms with Crippen LogP contribution in [-0.2, 0) is 6.42 Å². The molecular formula is C19H16O3S2. The van der Waals surface area contributed by atoms with E-state index in [0.717, 1.165) is 48.9 Å². The van der Waals surface area contributed by atoms with Crippen LogP contribution in [-0.4, -0.2) is 17.4 Å². The monoisotopic (exact) mass is 356 g/mol. The van der Waals surface area contributed by atoms with Crippen molar-refractivity contribution in [3.8, 4) is 20.2 Å². The summed E-state index contributed by atoms with van der Waals surface area (Å²) in [5.41, 5.74) is 3.35. The molecule has 0 saturated heterocycles. The number of carboxylic acid groups (broad SMARTS) is 1. The Balaban J connectivity index is 2.05. The van der Waals surface area contributed by atoms with E-state index < -0.39 is 5.97 Å². The van der Waals surface area contributed by atoms with Gasteiger partial charge in [0.1, 0.15) is 0 Å². The molecule has 0 amide bonds. The van der Waals surface area contributed by atoms with Crippen LogP contribution in [0.4, 0.5) is 0 Å². The van der Waals surface area contributed by atoms with Crippen molar-refractivity contribution in [3.63, 3.8) is 0 Å². The lowest BCUT2D eigenvalue weighted by atomic mass is 9.94. The maximum absolute atomic E-state index is 11.3. The lowest BCUT2D eigenvalue weighted by molar-refractivity contribution is 0.0696. The minimum absolute atomic E-state index is 0.362. The second-order valence-corrected chi connectivity index (χ2v) is 7.61. The highest BCUT2D eigenvalue weighted by molar-refractivity contribution is 7.24. The van der Waals surface area contributed by atoms with Crippen LogP contribution in [0.5, 0.6) is 0 Å². The number of carbonyl (C=O) groups excluding carboxylic acids is 1. The van der Waals surface area contributed by atoms with Crippen molar-refractivity contribution in [1.29, 1.82) is 0 Å². The summed E-state index contributed by atoms with van der Waals surface area (Å²) in [5.74, 6) is -0.888. The summed E-state index contributed by atoms with van der Waals surface area (Å²) in [6.07, 6.45) is 1.65. The number of hydrogen-bond donors (Lipinski definition) is 1. The van der Waals surface area contributed by atoms with Crippen LogP contribution in [0.2, 0.25) is 0 Å². The molecule has 1 N–H and O–H groups in total. The Bertz CT molecular complexity index is 919. The van der Waals surface area contributed by atoms with Gasteiger partial charge in [-0.1, -0.05) is 13.0 Å². The van der Waals surface area contributed by atoms with E-state index in [0.29, 0.717) is 5.56 Å². The van der Waals surface area contributed by atoms with Crippen LogP contribution in [0, 0.1) is 6.92 Å². The van der Waals surface area contributed by atoms with Crippen molar-refractivity contribution in [2.75, 3.05) is 0 Å². The third-order valence-corrected chi connectivity index (χ3v) is 6.36. The van der Waals surface area contributed by atoms with E-state index in [1.807, 2.05) is 32.0 Å². The first-order valence-corrected chi connectivity index (χ1v) is 9.19. The highest BCUT2D eigenvalue weighted by Gasteiger charge is 2.16. The fourth-order valence-electron chi connectivity index (χ4n) is 2.84. The number of rotatable bonds is 5. The highest BCUT2D eigenvalue weighted by atomic mass is 32.1. The van der Waals surface area contributed by atoms with Gasteiger partial charge in [0.25, 0.3) is 0 Å². The van der Waals surface area contributed by atoms with Gasteiger partial charge in [-0.25, -0.2) is 4.79 Å². The molecule has 0 spiro atoms. The Morgan fingerprint density at radius 2 is 1.71 bits per heavy atom. The molecule has 0 unspecified atom stereocenters. The van der Waals surface area contributed by atoms with Gasteiger partial charge in [-0.15, -0.1) is 22.7 Å². The molecule has 3 rings (SSSR count). The van der Waals surface area contributed by atoms with Crippen LogP contribution in [0.1, 0.15) is 38.1 Å². The SMILES string of the molecule is CCc1c(-c2ccc(-c3ccc(C=O)s3)s2)ccc(C(=O)O)c1C. The Labute approximate surface area is 148 Å². The van der Waals surface area contributed by atoms with Gasteiger partial charge >= 0.3 is 5.97 Å². The number of carboxylic acids is 1. The number of aromatic carboxylic acids is 1. The molecule has 0 aliphatic heterocycles. The number of aldehydes is 1. The number of hydrogen-bond acceptors (Lipinski definition) is 4. The first-order valence-electron chi connectivity index (χ1n) is 7.56. The van der Waals surface area contributed by atoms with Gasteiger partial charge in [0, 0.05) is 14.6 Å². The molecule has 0 radical (unpaired) electrons. The van der Waals surface area contributed by atoms with Crippen LogP contribution >= 0.6 is 22.7 Å². The summed E-state index contributed by atoms with van der Waals surface area (Å²) in [7, 11) is 0. The summed E-state index contributed by atoms with van der Waals surface area (Å²) in [5, 5.41) is 9.30. The van der Waals surface area contributed by atoms with Gasteiger partial charge in [-0.05, 0) is 60.4 Å². The van der Waals surface area contributed by atoms with Gasteiger partial charge in [0.2, 0.25) is 0 Å². The average Bonchev–Trinajstić information content (AvgIpc) is 3.23. The molecule has 122 valence electrons. The van der Waals surface area contributed by atoms with E-state index in [4.69, 9.17) is 0 Å². The van der Waals surface area contributed by atoms with E-state index in [1.165, 1.54) is 11.3 Å². The molecule has 2 heterocycles. The zero-order valence-corrected chi connectivity index (χ0v) is 15.0. The highest BCUT2D eigenvalue weighted by Crippen LogP contribution is 2.39. The Morgan fingerprint density at radius 1 is 1.04 bits per heavy atom. The molecule has 0 saturated carbocycles. The molecule has 3 nitrogen and oxygen atoms in total. The zero-order chi connectivity index (χ0) is 17.3. The van der Waals surface area contributed by atoms with Crippen LogP contribution < -0.4 is 0 Å². The lowest BCUT2D eigenvalue weighted by Crippen LogP contribution is -2.03. The van der Waals surface area contributed by atoms with Crippen molar-refractivity contribution >= 4 is 34.9 Å². The van der Waals surface area contributed by atoms with Crippen LogP contribution in [0.3, 0.4) is 0 Å². The molecule has 3 aromatic rings. The van der Waals surface area contributed by atoms with Crippen molar-refractivity contribution in [1.82, 2.24) is 0 Å². The largest absolute Gasteiger partial charge is 0.478 e. The average molecular weight is 356 g/mol.